The van der Waals surface area contributed by atoms with E-state index in [1.54, 1.807) is 24.3 Å². The van der Waals surface area contributed by atoms with Crippen molar-refractivity contribution in [3.63, 3.8) is 0 Å². The number of rotatable bonds is 16. The molecule has 3 aromatic rings. The summed E-state index contributed by atoms with van der Waals surface area (Å²) < 4.78 is 16.7. The first kappa shape index (κ1) is 31.2. The molecule has 214 valence electrons. The van der Waals surface area contributed by atoms with Crippen molar-refractivity contribution in [3.05, 3.63) is 89.5 Å². The van der Waals surface area contributed by atoms with Gasteiger partial charge in [0.2, 0.25) is 0 Å². The standard InChI is InChI=1S/C34H41ClO5/c1-4-5-6-7-8-9-24-38-29-22-16-28(17-23-29)33(36)39-30-18-12-26(13-19-30)10-11-27-14-20-31(21-15-27)40-34(37)32(35)25(2)3/h12-23,25,32H,4-11,24H2,1-3H3. The highest BCUT2D eigenvalue weighted by atomic mass is 35.5. The van der Waals surface area contributed by atoms with Gasteiger partial charge in [0.15, 0.2) is 0 Å². The number of carbonyl (C=O) groups is 2. The summed E-state index contributed by atoms with van der Waals surface area (Å²) in [5, 5.41) is -0.665. The van der Waals surface area contributed by atoms with Gasteiger partial charge in [0.1, 0.15) is 22.6 Å². The molecule has 0 N–H and O–H groups in total. The van der Waals surface area contributed by atoms with Crippen LogP contribution in [-0.2, 0) is 17.6 Å². The third-order valence-electron chi connectivity index (χ3n) is 6.65. The van der Waals surface area contributed by atoms with E-state index in [4.69, 9.17) is 25.8 Å². The molecule has 6 heteroatoms. The SMILES string of the molecule is CCCCCCCCOc1ccc(C(=O)Oc2ccc(CCc3ccc(OC(=O)C(Cl)C(C)C)cc3)cc2)cc1. The van der Waals surface area contributed by atoms with Crippen LogP contribution in [0.25, 0.3) is 0 Å². The van der Waals surface area contributed by atoms with E-state index in [1.807, 2.05) is 62.4 Å². The molecule has 0 bridgehead atoms. The molecule has 1 atom stereocenters. The van der Waals surface area contributed by atoms with Crippen LogP contribution in [0.2, 0.25) is 0 Å². The predicted octanol–water partition coefficient (Wildman–Crippen LogP) is 8.60. The molecule has 0 radical (unpaired) electrons. The first-order valence-corrected chi connectivity index (χ1v) is 14.8. The molecule has 0 fully saturated rings. The van der Waals surface area contributed by atoms with Crippen LogP contribution in [0.4, 0.5) is 0 Å². The Hall–Kier alpha value is -3.31. The molecule has 0 saturated heterocycles. The van der Waals surface area contributed by atoms with E-state index in [0.29, 0.717) is 23.7 Å². The Kier molecular flexibility index (Phi) is 13.0. The summed E-state index contributed by atoms with van der Waals surface area (Å²) >= 11 is 6.07. The van der Waals surface area contributed by atoms with E-state index < -0.39 is 17.3 Å². The Bertz CT molecular complexity index is 1170. The quantitative estimate of drug-likeness (QED) is 0.0754. The maximum Gasteiger partial charge on any atom is 0.343 e. The number of ether oxygens (including phenoxy) is 3. The molecule has 1 unspecified atom stereocenters. The molecule has 3 aromatic carbocycles. The van der Waals surface area contributed by atoms with Crippen molar-refractivity contribution in [2.75, 3.05) is 6.61 Å². The van der Waals surface area contributed by atoms with E-state index in [-0.39, 0.29) is 5.92 Å². The monoisotopic (exact) mass is 564 g/mol. The van der Waals surface area contributed by atoms with Crippen molar-refractivity contribution in [1.82, 2.24) is 0 Å². The minimum absolute atomic E-state index is 0.00868. The summed E-state index contributed by atoms with van der Waals surface area (Å²) in [7, 11) is 0. The van der Waals surface area contributed by atoms with Gasteiger partial charge in [0, 0.05) is 0 Å². The van der Waals surface area contributed by atoms with Crippen LogP contribution in [0.3, 0.4) is 0 Å². The van der Waals surface area contributed by atoms with Gasteiger partial charge in [-0.2, -0.15) is 0 Å². The molecule has 0 aliphatic carbocycles. The highest BCUT2D eigenvalue weighted by molar-refractivity contribution is 6.30. The molecule has 0 aliphatic heterocycles. The molecule has 5 nitrogen and oxygen atoms in total. The third kappa shape index (κ3) is 10.7. The van der Waals surface area contributed by atoms with E-state index >= 15 is 0 Å². The number of halogens is 1. The van der Waals surface area contributed by atoms with Crippen LogP contribution in [-0.4, -0.2) is 23.9 Å². The van der Waals surface area contributed by atoms with Gasteiger partial charge in [-0.15, -0.1) is 11.6 Å². The fraction of sp³-hybridized carbons (Fsp3) is 0.412. The highest BCUT2D eigenvalue weighted by Crippen LogP contribution is 2.20. The second-order valence-electron chi connectivity index (χ2n) is 10.4. The normalized spacial score (nSPS) is 11.7. The minimum Gasteiger partial charge on any atom is -0.494 e. The predicted molar refractivity (Wildman–Crippen MR) is 161 cm³/mol. The maximum absolute atomic E-state index is 12.6. The molecular formula is C34H41ClO5. The average Bonchev–Trinajstić information content (AvgIpc) is 2.97. The Balaban J connectivity index is 1.40. The van der Waals surface area contributed by atoms with Gasteiger partial charge in [-0.3, -0.25) is 4.79 Å². The molecule has 40 heavy (non-hydrogen) atoms. The lowest BCUT2D eigenvalue weighted by Gasteiger charge is -2.12. The maximum atomic E-state index is 12.6. The van der Waals surface area contributed by atoms with Crippen molar-refractivity contribution in [2.45, 2.75) is 77.5 Å². The summed E-state index contributed by atoms with van der Waals surface area (Å²) in [5.74, 6) is 0.929. The van der Waals surface area contributed by atoms with Crippen molar-refractivity contribution >= 4 is 23.5 Å². The topological polar surface area (TPSA) is 61.8 Å². The van der Waals surface area contributed by atoms with Crippen LogP contribution in [0.1, 0.15) is 80.8 Å². The molecule has 0 aliphatic rings. The largest absolute Gasteiger partial charge is 0.494 e. The second-order valence-corrected chi connectivity index (χ2v) is 10.9. The first-order chi connectivity index (χ1) is 19.4. The second kappa shape index (κ2) is 16.7. The van der Waals surface area contributed by atoms with Crippen LogP contribution in [0, 0.1) is 5.92 Å². The molecule has 0 spiro atoms. The number of benzene rings is 3. The number of unbranched alkanes of at least 4 members (excludes halogenated alkanes) is 5. The van der Waals surface area contributed by atoms with Gasteiger partial charge >= 0.3 is 11.9 Å². The summed E-state index contributed by atoms with van der Waals surface area (Å²) in [5.41, 5.74) is 2.74. The zero-order valence-electron chi connectivity index (χ0n) is 23.9. The lowest BCUT2D eigenvalue weighted by molar-refractivity contribution is -0.134. The lowest BCUT2D eigenvalue weighted by atomic mass is 10.0. The lowest BCUT2D eigenvalue weighted by Crippen LogP contribution is -2.25. The van der Waals surface area contributed by atoms with Crippen molar-refractivity contribution in [2.24, 2.45) is 5.92 Å². The van der Waals surface area contributed by atoms with Gasteiger partial charge in [-0.25, -0.2) is 4.79 Å². The third-order valence-corrected chi connectivity index (χ3v) is 7.33. The van der Waals surface area contributed by atoms with Gasteiger partial charge in [-0.1, -0.05) is 77.1 Å². The van der Waals surface area contributed by atoms with Gasteiger partial charge in [-0.05, 0) is 84.8 Å². The average molecular weight is 565 g/mol. The fourth-order valence-corrected chi connectivity index (χ4v) is 4.15. The number of aryl methyl sites for hydroxylation is 2. The molecule has 0 heterocycles. The minimum atomic E-state index is -0.665. The summed E-state index contributed by atoms with van der Waals surface area (Å²) in [6.45, 7) is 6.67. The van der Waals surface area contributed by atoms with Crippen LogP contribution in [0.15, 0.2) is 72.8 Å². The Labute approximate surface area is 243 Å². The van der Waals surface area contributed by atoms with Crippen molar-refractivity contribution < 1.29 is 23.8 Å². The van der Waals surface area contributed by atoms with Crippen LogP contribution >= 0.6 is 11.6 Å². The van der Waals surface area contributed by atoms with Crippen LogP contribution < -0.4 is 14.2 Å². The number of carbonyl (C=O) groups excluding carboxylic acids is 2. The van der Waals surface area contributed by atoms with E-state index in [2.05, 4.69) is 6.92 Å². The zero-order chi connectivity index (χ0) is 28.7. The molecule has 3 rings (SSSR count). The number of esters is 2. The van der Waals surface area contributed by atoms with Crippen LogP contribution in [0.5, 0.6) is 17.2 Å². The Morgan fingerprint density at radius 3 is 1.73 bits per heavy atom. The number of alkyl halides is 1. The van der Waals surface area contributed by atoms with E-state index in [0.717, 1.165) is 36.1 Å². The molecule has 0 aromatic heterocycles. The number of hydrogen-bond donors (Lipinski definition) is 0. The van der Waals surface area contributed by atoms with Crippen molar-refractivity contribution in [1.29, 1.82) is 0 Å². The van der Waals surface area contributed by atoms with E-state index in [1.165, 1.54) is 32.1 Å². The molecule has 0 amide bonds. The molecular weight excluding hydrogens is 524 g/mol. The Morgan fingerprint density at radius 1 is 0.675 bits per heavy atom. The molecule has 0 saturated carbocycles. The summed E-state index contributed by atoms with van der Waals surface area (Å²) in [4.78, 5) is 24.6. The zero-order valence-corrected chi connectivity index (χ0v) is 24.6. The summed E-state index contributed by atoms with van der Waals surface area (Å²) in [6.07, 6.45) is 8.98. The highest BCUT2D eigenvalue weighted by Gasteiger charge is 2.21. The summed E-state index contributed by atoms with van der Waals surface area (Å²) in [6, 6.07) is 22.1. The van der Waals surface area contributed by atoms with Crippen molar-refractivity contribution in [3.8, 4) is 17.2 Å². The van der Waals surface area contributed by atoms with Gasteiger partial charge < -0.3 is 14.2 Å². The fourth-order valence-electron chi connectivity index (χ4n) is 4.11. The first-order valence-electron chi connectivity index (χ1n) is 14.3. The number of hydrogen-bond acceptors (Lipinski definition) is 5. The van der Waals surface area contributed by atoms with E-state index in [9.17, 15) is 9.59 Å². The van der Waals surface area contributed by atoms with Gasteiger partial charge in [0.05, 0.1) is 12.2 Å². The Morgan fingerprint density at radius 2 is 1.18 bits per heavy atom. The smallest absolute Gasteiger partial charge is 0.343 e. The van der Waals surface area contributed by atoms with Gasteiger partial charge in [0.25, 0.3) is 0 Å².